The van der Waals surface area contributed by atoms with Gasteiger partial charge < -0.3 is 10.2 Å². The fourth-order valence-electron chi connectivity index (χ4n) is 2.78. The van der Waals surface area contributed by atoms with Gasteiger partial charge in [0.25, 0.3) is 0 Å². The molecule has 0 radical (unpaired) electrons. The van der Waals surface area contributed by atoms with Gasteiger partial charge in [-0.25, -0.2) is 0 Å². The lowest BCUT2D eigenvalue weighted by atomic mass is 10.1. The van der Waals surface area contributed by atoms with Gasteiger partial charge in [-0.2, -0.15) is 0 Å². The van der Waals surface area contributed by atoms with Crippen LogP contribution >= 0.6 is 0 Å². The van der Waals surface area contributed by atoms with Gasteiger partial charge >= 0.3 is 0 Å². The van der Waals surface area contributed by atoms with Crippen LogP contribution in [0.5, 0.6) is 0 Å². The Morgan fingerprint density at radius 2 is 2.00 bits per heavy atom. The van der Waals surface area contributed by atoms with E-state index in [9.17, 15) is 0 Å². The Hall–Kier alpha value is -1.18. The third-order valence-electron chi connectivity index (χ3n) is 3.86. The van der Waals surface area contributed by atoms with E-state index in [0.717, 1.165) is 5.92 Å². The van der Waals surface area contributed by atoms with Gasteiger partial charge in [-0.05, 0) is 37.3 Å². The molecule has 2 atom stereocenters. The van der Waals surface area contributed by atoms with Gasteiger partial charge in [-0.15, -0.1) is 0 Å². The maximum atomic E-state index is 3.71. The zero-order valence-electron chi connectivity index (χ0n) is 11.2. The molecule has 1 aromatic rings. The number of hydrogen-bond donors (Lipinski definition) is 1. The third-order valence-corrected chi connectivity index (χ3v) is 3.86. The molecule has 1 aliphatic carbocycles. The van der Waals surface area contributed by atoms with Gasteiger partial charge in [0.1, 0.15) is 0 Å². The first-order chi connectivity index (χ1) is 8.20. The Labute approximate surface area is 105 Å². The van der Waals surface area contributed by atoms with Crippen LogP contribution in [0.1, 0.15) is 32.6 Å². The topological polar surface area (TPSA) is 15.3 Å². The lowest BCUT2D eigenvalue weighted by Gasteiger charge is -2.21. The van der Waals surface area contributed by atoms with Crippen LogP contribution in [-0.2, 0) is 0 Å². The molecule has 0 saturated heterocycles. The summed E-state index contributed by atoms with van der Waals surface area (Å²) in [7, 11) is 4.20. The molecular formula is C15H24N2. The monoisotopic (exact) mass is 232 g/mol. The molecule has 1 N–H and O–H groups in total. The Morgan fingerprint density at radius 1 is 1.24 bits per heavy atom. The zero-order chi connectivity index (χ0) is 12.3. The number of para-hydroxylation sites is 2. The van der Waals surface area contributed by atoms with Gasteiger partial charge in [0.2, 0.25) is 0 Å². The number of benzene rings is 1. The molecule has 2 unspecified atom stereocenters. The first kappa shape index (κ1) is 12.3. The van der Waals surface area contributed by atoms with Crippen molar-refractivity contribution in [3.63, 3.8) is 0 Å². The SMILES string of the molecule is CCC1CCC(Nc2ccccc2N(C)C)C1. The van der Waals surface area contributed by atoms with E-state index in [1.807, 2.05) is 0 Å². The zero-order valence-corrected chi connectivity index (χ0v) is 11.2. The number of nitrogens with zero attached hydrogens (tertiary/aromatic N) is 1. The first-order valence-electron chi connectivity index (χ1n) is 6.73. The van der Waals surface area contributed by atoms with Crippen molar-refractivity contribution in [1.82, 2.24) is 0 Å². The number of rotatable bonds is 4. The van der Waals surface area contributed by atoms with Crippen molar-refractivity contribution in [2.75, 3.05) is 24.3 Å². The molecule has 17 heavy (non-hydrogen) atoms. The number of nitrogens with one attached hydrogen (secondary N) is 1. The Bertz CT molecular complexity index is 360. The normalized spacial score (nSPS) is 23.7. The highest BCUT2D eigenvalue weighted by atomic mass is 15.1. The highest BCUT2D eigenvalue weighted by molar-refractivity contribution is 5.69. The lowest BCUT2D eigenvalue weighted by Crippen LogP contribution is -2.18. The molecule has 2 nitrogen and oxygen atoms in total. The molecule has 0 aliphatic heterocycles. The molecule has 2 rings (SSSR count). The molecule has 0 bridgehead atoms. The predicted molar refractivity (Wildman–Crippen MR) is 75.8 cm³/mol. The van der Waals surface area contributed by atoms with E-state index in [1.54, 1.807) is 0 Å². The van der Waals surface area contributed by atoms with Crippen molar-refractivity contribution in [2.45, 2.75) is 38.6 Å². The molecule has 1 saturated carbocycles. The second-order valence-corrected chi connectivity index (χ2v) is 5.34. The summed E-state index contributed by atoms with van der Waals surface area (Å²) >= 11 is 0. The predicted octanol–water partition coefficient (Wildman–Crippen LogP) is 3.74. The number of anilines is 2. The summed E-state index contributed by atoms with van der Waals surface area (Å²) in [6.07, 6.45) is 5.37. The summed E-state index contributed by atoms with van der Waals surface area (Å²) in [6, 6.07) is 9.25. The van der Waals surface area contributed by atoms with Crippen LogP contribution in [0, 0.1) is 5.92 Å². The molecule has 94 valence electrons. The van der Waals surface area contributed by atoms with Crippen LogP contribution in [0.2, 0.25) is 0 Å². The third kappa shape index (κ3) is 2.93. The average molecular weight is 232 g/mol. The van der Waals surface area contributed by atoms with Crippen LogP contribution < -0.4 is 10.2 Å². The van der Waals surface area contributed by atoms with Crippen LogP contribution in [0.3, 0.4) is 0 Å². The van der Waals surface area contributed by atoms with Gasteiger partial charge in [-0.1, -0.05) is 25.5 Å². The largest absolute Gasteiger partial charge is 0.381 e. The van der Waals surface area contributed by atoms with Crippen molar-refractivity contribution >= 4 is 11.4 Å². The van der Waals surface area contributed by atoms with Crippen LogP contribution in [-0.4, -0.2) is 20.1 Å². The van der Waals surface area contributed by atoms with Crippen LogP contribution in [0.15, 0.2) is 24.3 Å². The first-order valence-corrected chi connectivity index (χ1v) is 6.73. The standard InChI is InChI=1S/C15H24N2/c1-4-12-9-10-13(11-12)16-14-7-5-6-8-15(14)17(2)3/h5-8,12-13,16H,4,9-11H2,1-3H3. The van der Waals surface area contributed by atoms with Gasteiger partial charge in [0, 0.05) is 20.1 Å². The summed E-state index contributed by atoms with van der Waals surface area (Å²) in [4.78, 5) is 2.18. The highest BCUT2D eigenvalue weighted by Gasteiger charge is 2.23. The maximum absolute atomic E-state index is 3.71. The fourth-order valence-corrected chi connectivity index (χ4v) is 2.78. The fraction of sp³-hybridized carbons (Fsp3) is 0.600. The molecule has 1 aliphatic rings. The van der Waals surface area contributed by atoms with E-state index >= 15 is 0 Å². The molecule has 2 heteroatoms. The van der Waals surface area contributed by atoms with Crippen LogP contribution in [0.25, 0.3) is 0 Å². The van der Waals surface area contributed by atoms with E-state index in [1.165, 1.54) is 37.1 Å². The minimum Gasteiger partial charge on any atom is -0.381 e. The van der Waals surface area contributed by atoms with Crippen molar-refractivity contribution in [2.24, 2.45) is 5.92 Å². The molecule has 0 aromatic heterocycles. The highest BCUT2D eigenvalue weighted by Crippen LogP contribution is 2.32. The quantitative estimate of drug-likeness (QED) is 0.850. The van der Waals surface area contributed by atoms with E-state index in [-0.39, 0.29) is 0 Å². The van der Waals surface area contributed by atoms with Crippen molar-refractivity contribution in [1.29, 1.82) is 0 Å². The summed E-state index contributed by atoms with van der Waals surface area (Å²) in [6.45, 7) is 2.31. The van der Waals surface area contributed by atoms with Crippen molar-refractivity contribution < 1.29 is 0 Å². The molecule has 1 aromatic carbocycles. The Kier molecular flexibility index (Phi) is 3.93. The van der Waals surface area contributed by atoms with Gasteiger partial charge in [0.05, 0.1) is 11.4 Å². The van der Waals surface area contributed by atoms with E-state index in [4.69, 9.17) is 0 Å². The average Bonchev–Trinajstić information content (AvgIpc) is 2.77. The van der Waals surface area contributed by atoms with Crippen molar-refractivity contribution in [3.05, 3.63) is 24.3 Å². The van der Waals surface area contributed by atoms with Crippen molar-refractivity contribution in [3.8, 4) is 0 Å². The minimum absolute atomic E-state index is 0.668. The Balaban J connectivity index is 2.04. The molecule has 1 fully saturated rings. The van der Waals surface area contributed by atoms with E-state index < -0.39 is 0 Å². The van der Waals surface area contributed by atoms with Crippen LogP contribution in [0.4, 0.5) is 11.4 Å². The summed E-state index contributed by atoms with van der Waals surface area (Å²) < 4.78 is 0. The summed E-state index contributed by atoms with van der Waals surface area (Å²) in [5.41, 5.74) is 2.56. The van der Waals surface area contributed by atoms with Gasteiger partial charge in [-0.3, -0.25) is 0 Å². The van der Waals surface area contributed by atoms with E-state index in [0.29, 0.717) is 6.04 Å². The molecular weight excluding hydrogens is 208 g/mol. The van der Waals surface area contributed by atoms with E-state index in [2.05, 4.69) is 55.5 Å². The lowest BCUT2D eigenvalue weighted by molar-refractivity contribution is 0.525. The second kappa shape index (κ2) is 5.44. The summed E-state index contributed by atoms with van der Waals surface area (Å²) in [5.74, 6) is 0.930. The maximum Gasteiger partial charge on any atom is 0.0596 e. The minimum atomic E-state index is 0.668. The summed E-state index contributed by atoms with van der Waals surface area (Å²) in [5, 5.41) is 3.71. The second-order valence-electron chi connectivity index (χ2n) is 5.34. The number of hydrogen-bond acceptors (Lipinski definition) is 2. The molecule has 0 heterocycles. The molecule has 0 amide bonds. The molecule has 0 spiro atoms. The van der Waals surface area contributed by atoms with Gasteiger partial charge in [0.15, 0.2) is 0 Å². The Morgan fingerprint density at radius 3 is 2.65 bits per heavy atom. The smallest absolute Gasteiger partial charge is 0.0596 e.